The van der Waals surface area contributed by atoms with Gasteiger partial charge in [0.05, 0.1) is 29.8 Å². The minimum Gasteiger partial charge on any atom is -0.507 e. The van der Waals surface area contributed by atoms with E-state index in [1.807, 2.05) is 0 Å². The summed E-state index contributed by atoms with van der Waals surface area (Å²) in [5.74, 6) is -1.40. The van der Waals surface area contributed by atoms with Crippen molar-refractivity contribution >= 4 is 23.1 Å². The Bertz CT molecular complexity index is 1090. The molecule has 1 N–H and O–H groups in total. The van der Waals surface area contributed by atoms with Crippen LogP contribution in [0.1, 0.15) is 30.0 Å². The number of aliphatic hydroxyl groups excluding tert-OH is 1. The predicted octanol–water partition coefficient (Wildman–Crippen LogP) is 3.20. The molecule has 1 amide bonds. The number of likely N-dealkylation sites (tertiary alicyclic amines) is 1. The number of amides is 1. The van der Waals surface area contributed by atoms with E-state index < -0.39 is 22.7 Å². The molecule has 0 spiro atoms. The van der Waals surface area contributed by atoms with E-state index >= 15 is 0 Å². The van der Waals surface area contributed by atoms with Gasteiger partial charge in [-0.15, -0.1) is 0 Å². The molecular weight excluding hydrogens is 416 g/mol. The fourth-order valence-corrected chi connectivity index (χ4v) is 4.14. The maximum Gasteiger partial charge on any atom is 0.295 e. The molecule has 0 bridgehead atoms. The Balaban J connectivity index is 1.83. The molecular formula is C23H22N2O7. The molecule has 2 saturated heterocycles. The SMILES string of the molecule is COc1ccc(/C(O)=C2\C(=O)C(=O)N(C[C@@H]3CCCO3)[C@@H]2c2cccc([N+](=O)[O-])c2)cc1. The molecule has 0 saturated carbocycles. The largest absolute Gasteiger partial charge is 0.507 e. The number of methoxy groups -OCH3 is 1. The Kier molecular flexibility index (Phi) is 5.91. The molecule has 9 heteroatoms. The van der Waals surface area contributed by atoms with Crippen LogP contribution in [-0.4, -0.2) is 53.0 Å². The van der Waals surface area contributed by atoms with Gasteiger partial charge >= 0.3 is 0 Å². The lowest BCUT2D eigenvalue weighted by molar-refractivity contribution is -0.384. The zero-order chi connectivity index (χ0) is 22.8. The minimum absolute atomic E-state index is 0.112. The molecule has 2 aromatic rings. The van der Waals surface area contributed by atoms with Gasteiger partial charge in [-0.3, -0.25) is 19.7 Å². The van der Waals surface area contributed by atoms with Gasteiger partial charge in [-0.2, -0.15) is 0 Å². The van der Waals surface area contributed by atoms with Crippen LogP contribution in [0.3, 0.4) is 0 Å². The number of benzene rings is 2. The lowest BCUT2D eigenvalue weighted by Crippen LogP contribution is -2.36. The maximum absolute atomic E-state index is 13.0. The van der Waals surface area contributed by atoms with E-state index in [1.54, 1.807) is 30.3 Å². The molecule has 0 radical (unpaired) electrons. The topological polar surface area (TPSA) is 119 Å². The van der Waals surface area contributed by atoms with Gasteiger partial charge < -0.3 is 19.5 Å². The second-order valence-electron chi connectivity index (χ2n) is 7.67. The molecule has 32 heavy (non-hydrogen) atoms. The van der Waals surface area contributed by atoms with Gasteiger partial charge in [0.15, 0.2) is 0 Å². The molecule has 2 aliphatic rings. The zero-order valence-electron chi connectivity index (χ0n) is 17.4. The average molecular weight is 438 g/mol. The second kappa shape index (κ2) is 8.80. The van der Waals surface area contributed by atoms with Crippen LogP contribution in [0.5, 0.6) is 5.75 Å². The van der Waals surface area contributed by atoms with Gasteiger partial charge in [-0.1, -0.05) is 12.1 Å². The predicted molar refractivity (Wildman–Crippen MR) is 114 cm³/mol. The van der Waals surface area contributed by atoms with E-state index in [0.717, 1.165) is 12.8 Å². The van der Waals surface area contributed by atoms with Crippen molar-refractivity contribution in [3.8, 4) is 5.75 Å². The number of Topliss-reactive ketones (excluding diaryl/α,β-unsaturated/α-hetero) is 1. The number of nitrogens with zero attached hydrogens (tertiary/aromatic N) is 2. The van der Waals surface area contributed by atoms with Crippen molar-refractivity contribution in [1.82, 2.24) is 4.90 Å². The fourth-order valence-electron chi connectivity index (χ4n) is 4.14. The van der Waals surface area contributed by atoms with E-state index in [-0.39, 0.29) is 29.7 Å². The Labute approximate surface area is 184 Å². The lowest BCUT2D eigenvalue weighted by atomic mass is 9.95. The van der Waals surface area contributed by atoms with Gasteiger partial charge in [0.25, 0.3) is 17.4 Å². The van der Waals surface area contributed by atoms with Gasteiger partial charge in [0.1, 0.15) is 11.5 Å². The summed E-state index contributed by atoms with van der Waals surface area (Å²) in [6.07, 6.45) is 1.35. The number of carbonyl (C=O) groups excluding carboxylic acids is 2. The number of nitro benzene ring substituents is 1. The Morgan fingerprint density at radius 3 is 2.62 bits per heavy atom. The molecule has 2 aromatic carbocycles. The summed E-state index contributed by atoms with van der Waals surface area (Å²) in [4.78, 5) is 38.1. The number of hydrogen-bond donors (Lipinski definition) is 1. The molecule has 9 nitrogen and oxygen atoms in total. The molecule has 2 heterocycles. The highest BCUT2D eigenvalue weighted by molar-refractivity contribution is 6.46. The van der Waals surface area contributed by atoms with Gasteiger partial charge in [-0.25, -0.2) is 0 Å². The van der Waals surface area contributed by atoms with Crippen molar-refractivity contribution in [3.05, 3.63) is 75.3 Å². The van der Waals surface area contributed by atoms with Crippen LogP contribution < -0.4 is 4.74 Å². The Hall–Kier alpha value is -3.72. The molecule has 0 unspecified atom stereocenters. The van der Waals surface area contributed by atoms with Gasteiger partial charge in [-0.05, 0) is 42.7 Å². The summed E-state index contributed by atoms with van der Waals surface area (Å²) in [7, 11) is 1.51. The Morgan fingerprint density at radius 2 is 2.00 bits per heavy atom. The third-order valence-corrected chi connectivity index (χ3v) is 5.72. The first-order chi connectivity index (χ1) is 15.4. The molecule has 166 valence electrons. The monoisotopic (exact) mass is 438 g/mol. The highest BCUT2D eigenvalue weighted by Gasteiger charge is 2.47. The van der Waals surface area contributed by atoms with Crippen molar-refractivity contribution < 1.29 is 29.1 Å². The van der Waals surface area contributed by atoms with Gasteiger partial charge in [0, 0.05) is 30.8 Å². The molecule has 2 atom stereocenters. The maximum atomic E-state index is 13.0. The third-order valence-electron chi connectivity index (χ3n) is 5.72. The van der Waals surface area contributed by atoms with Crippen molar-refractivity contribution in [3.63, 3.8) is 0 Å². The first-order valence-corrected chi connectivity index (χ1v) is 10.2. The van der Waals surface area contributed by atoms with Crippen LogP contribution in [0.25, 0.3) is 5.76 Å². The number of ether oxygens (including phenoxy) is 2. The molecule has 4 rings (SSSR count). The first-order valence-electron chi connectivity index (χ1n) is 10.2. The lowest BCUT2D eigenvalue weighted by Gasteiger charge is -2.27. The first kappa shape index (κ1) is 21.5. The van der Waals surface area contributed by atoms with Crippen LogP contribution in [0, 0.1) is 10.1 Å². The summed E-state index contributed by atoms with van der Waals surface area (Å²) >= 11 is 0. The number of ketones is 1. The van der Waals surface area contributed by atoms with Crippen molar-refractivity contribution in [2.24, 2.45) is 0 Å². The van der Waals surface area contributed by atoms with E-state index in [4.69, 9.17) is 9.47 Å². The Morgan fingerprint density at radius 1 is 1.25 bits per heavy atom. The summed E-state index contributed by atoms with van der Waals surface area (Å²) in [6, 6.07) is 11.2. The number of carbonyl (C=O) groups is 2. The normalized spacial score (nSPS) is 22.3. The second-order valence-corrected chi connectivity index (χ2v) is 7.67. The van der Waals surface area contributed by atoms with Gasteiger partial charge in [0.2, 0.25) is 0 Å². The average Bonchev–Trinajstić information content (AvgIpc) is 3.41. The highest BCUT2D eigenvalue weighted by atomic mass is 16.6. The van der Waals surface area contributed by atoms with Crippen molar-refractivity contribution in [2.45, 2.75) is 25.0 Å². The summed E-state index contributed by atoms with van der Waals surface area (Å²) < 4.78 is 10.8. The summed E-state index contributed by atoms with van der Waals surface area (Å²) in [5.41, 5.74) is 0.413. The summed E-state index contributed by atoms with van der Waals surface area (Å²) in [5, 5.41) is 22.4. The van der Waals surface area contributed by atoms with E-state index in [2.05, 4.69) is 0 Å². The quantitative estimate of drug-likeness (QED) is 0.242. The molecule has 2 aliphatic heterocycles. The van der Waals surface area contributed by atoms with Crippen LogP contribution in [0.2, 0.25) is 0 Å². The van der Waals surface area contributed by atoms with E-state index in [9.17, 15) is 24.8 Å². The van der Waals surface area contributed by atoms with Crippen LogP contribution in [-0.2, 0) is 14.3 Å². The highest BCUT2D eigenvalue weighted by Crippen LogP contribution is 2.41. The van der Waals surface area contributed by atoms with E-state index in [1.165, 1.54) is 30.2 Å². The number of rotatable bonds is 6. The van der Waals surface area contributed by atoms with Crippen LogP contribution >= 0.6 is 0 Å². The standard InChI is InChI=1S/C23H22N2O7/c1-31-17-9-7-14(8-10-17)21(26)19-20(15-4-2-5-16(12-15)25(29)30)24(23(28)22(19)27)13-18-6-3-11-32-18/h2,4-5,7-10,12,18,20,26H,3,6,11,13H2,1H3/b21-19+/t18-,20+/m0/s1. The molecule has 0 aromatic heterocycles. The van der Waals surface area contributed by atoms with E-state index in [0.29, 0.717) is 23.5 Å². The number of non-ortho nitro benzene ring substituents is 1. The van der Waals surface area contributed by atoms with Crippen LogP contribution in [0.4, 0.5) is 5.69 Å². The fraction of sp³-hybridized carbons (Fsp3) is 0.304. The van der Waals surface area contributed by atoms with Crippen molar-refractivity contribution in [2.75, 3.05) is 20.3 Å². The smallest absolute Gasteiger partial charge is 0.295 e. The molecule has 2 fully saturated rings. The third kappa shape index (κ3) is 3.94. The molecule has 0 aliphatic carbocycles. The minimum atomic E-state index is -0.971. The number of aliphatic hydroxyl groups is 1. The zero-order valence-corrected chi connectivity index (χ0v) is 17.4. The van der Waals surface area contributed by atoms with Crippen molar-refractivity contribution in [1.29, 1.82) is 0 Å². The summed E-state index contributed by atoms with van der Waals surface area (Å²) in [6.45, 7) is 0.721. The number of hydrogen-bond acceptors (Lipinski definition) is 7. The van der Waals surface area contributed by atoms with Crippen LogP contribution in [0.15, 0.2) is 54.1 Å². The number of nitro groups is 1.